The first-order valence-corrected chi connectivity index (χ1v) is 2.95. The zero-order chi connectivity index (χ0) is 6.85. The zero-order valence-electron chi connectivity index (χ0n) is 4.79. The second kappa shape index (κ2) is 2.26. The van der Waals surface area contributed by atoms with Gasteiger partial charge in [-0.25, -0.2) is 9.89 Å². The number of nitrogens with one attached hydrogen (secondary N) is 1. The van der Waals surface area contributed by atoms with E-state index in [9.17, 15) is 4.79 Å². The van der Waals surface area contributed by atoms with Crippen molar-refractivity contribution in [1.29, 1.82) is 0 Å². The molecule has 50 valence electrons. The van der Waals surface area contributed by atoms with E-state index in [0.717, 1.165) is 0 Å². The maximum atomic E-state index is 10.3. The Balaban J connectivity index is 2.98. The van der Waals surface area contributed by atoms with Crippen LogP contribution in [0.5, 0.6) is 0 Å². The van der Waals surface area contributed by atoms with Gasteiger partial charge in [0.15, 0.2) is 0 Å². The van der Waals surface area contributed by atoms with Crippen molar-refractivity contribution in [3.63, 3.8) is 0 Å². The van der Waals surface area contributed by atoms with E-state index >= 15 is 0 Å². The first kappa shape index (κ1) is 6.41. The molecule has 1 N–H and O–H groups in total. The monoisotopic (exact) mass is 146 g/mol. The second-order valence-corrected chi connectivity index (χ2v) is 2.40. The molecule has 1 heterocycles. The Labute approximate surface area is 56.7 Å². The maximum Gasteiger partial charge on any atom is 0.434 e. The van der Waals surface area contributed by atoms with Crippen molar-refractivity contribution in [2.75, 3.05) is 0 Å². The average Bonchev–Trinajstić information content (AvgIpc) is 2.14. The van der Waals surface area contributed by atoms with Crippen LogP contribution >= 0.6 is 12.6 Å². The van der Waals surface area contributed by atoms with Crippen LogP contribution in [0.25, 0.3) is 0 Å². The minimum absolute atomic E-state index is 0.135. The van der Waals surface area contributed by atoms with Crippen LogP contribution in [0.1, 0.15) is 18.1 Å². The predicted molar refractivity (Wildman–Crippen MR) is 34.5 cm³/mol. The van der Waals surface area contributed by atoms with Crippen LogP contribution < -0.4 is 5.76 Å². The van der Waals surface area contributed by atoms with Gasteiger partial charge < -0.3 is 4.42 Å². The molecule has 1 atom stereocenters. The summed E-state index contributed by atoms with van der Waals surface area (Å²) in [6.45, 7) is 1.77. The van der Waals surface area contributed by atoms with Crippen molar-refractivity contribution in [1.82, 2.24) is 10.2 Å². The van der Waals surface area contributed by atoms with Gasteiger partial charge in [0.05, 0.1) is 5.25 Å². The maximum absolute atomic E-state index is 10.3. The lowest BCUT2D eigenvalue weighted by molar-refractivity contribution is 0.465. The highest BCUT2D eigenvalue weighted by atomic mass is 32.1. The highest BCUT2D eigenvalue weighted by Gasteiger charge is 2.04. The van der Waals surface area contributed by atoms with E-state index < -0.39 is 5.76 Å². The van der Waals surface area contributed by atoms with Gasteiger partial charge in [0.1, 0.15) is 0 Å². The van der Waals surface area contributed by atoms with Gasteiger partial charge in [-0.3, -0.25) is 0 Å². The number of hydrogen-bond acceptors (Lipinski definition) is 4. The molecular formula is C4H6N2O2S. The predicted octanol–water partition coefficient (Wildman–Crippen LogP) is 0.354. The van der Waals surface area contributed by atoms with Gasteiger partial charge in [-0.2, -0.15) is 12.6 Å². The summed E-state index contributed by atoms with van der Waals surface area (Å²) in [7, 11) is 0. The quantitative estimate of drug-likeness (QED) is 0.562. The van der Waals surface area contributed by atoms with Crippen LogP contribution in [0, 0.1) is 0 Å². The summed E-state index contributed by atoms with van der Waals surface area (Å²) in [4.78, 5) is 10.3. The summed E-state index contributed by atoms with van der Waals surface area (Å²) in [6.07, 6.45) is 0. The van der Waals surface area contributed by atoms with E-state index in [1.807, 2.05) is 0 Å². The lowest BCUT2D eigenvalue weighted by Gasteiger charge is -1.90. The van der Waals surface area contributed by atoms with E-state index in [1.54, 1.807) is 6.92 Å². The number of thiol groups is 1. The molecule has 0 saturated carbocycles. The van der Waals surface area contributed by atoms with E-state index in [0.29, 0.717) is 5.89 Å². The molecule has 1 aromatic heterocycles. The van der Waals surface area contributed by atoms with Crippen LogP contribution in [-0.4, -0.2) is 10.2 Å². The summed E-state index contributed by atoms with van der Waals surface area (Å²) in [5, 5.41) is 5.53. The Bertz CT molecular complexity index is 239. The fraction of sp³-hybridized carbons (Fsp3) is 0.500. The Hall–Kier alpha value is -0.710. The molecule has 0 saturated heterocycles. The number of aromatic amines is 1. The summed E-state index contributed by atoms with van der Waals surface area (Å²) in [6, 6.07) is 0. The van der Waals surface area contributed by atoms with E-state index in [1.165, 1.54) is 0 Å². The summed E-state index contributed by atoms with van der Waals surface area (Å²) < 4.78 is 4.55. The molecule has 0 fully saturated rings. The minimum atomic E-state index is -0.536. The van der Waals surface area contributed by atoms with Gasteiger partial charge in [-0.05, 0) is 6.92 Å². The molecule has 0 spiro atoms. The molecule has 4 nitrogen and oxygen atoms in total. The molecule has 0 aliphatic carbocycles. The van der Waals surface area contributed by atoms with Crippen molar-refractivity contribution in [3.8, 4) is 0 Å². The Morgan fingerprint density at radius 2 is 2.56 bits per heavy atom. The van der Waals surface area contributed by atoms with E-state index in [2.05, 4.69) is 27.2 Å². The standard InChI is InChI=1S/C4H6N2O2S/c1-2(9)3-5-6-4(7)8-3/h2,9H,1H3,(H,6,7). The van der Waals surface area contributed by atoms with Crippen molar-refractivity contribution in [2.45, 2.75) is 12.2 Å². The van der Waals surface area contributed by atoms with Crippen molar-refractivity contribution >= 4 is 12.6 Å². The molecule has 0 radical (unpaired) electrons. The van der Waals surface area contributed by atoms with Gasteiger partial charge >= 0.3 is 5.76 Å². The molecule has 9 heavy (non-hydrogen) atoms. The number of hydrogen-bond donors (Lipinski definition) is 2. The highest BCUT2D eigenvalue weighted by Crippen LogP contribution is 2.12. The second-order valence-electron chi connectivity index (χ2n) is 1.63. The lowest BCUT2D eigenvalue weighted by Crippen LogP contribution is -1.93. The highest BCUT2D eigenvalue weighted by molar-refractivity contribution is 7.80. The zero-order valence-corrected chi connectivity index (χ0v) is 5.68. The number of nitrogens with zero attached hydrogens (tertiary/aromatic N) is 1. The minimum Gasteiger partial charge on any atom is -0.391 e. The van der Waals surface area contributed by atoms with Crippen molar-refractivity contribution in [3.05, 3.63) is 16.4 Å². The summed E-state index contributed by atoms with van der Waals surface area (Å²) >= 11 is 3.99. The summed E-state index contributed by atoms with van der Waals surface area (Å²) in [5.41, 5.74) is 0. The van der Waals surface area contributed by atoms with Crippen LogP contribution in [0.4, 0.5) is 0 Å². The topological polar surface area (TPSA) is 58.9 Å². The SMILES string of the molecule is CC(S)c1n[nH]c(=O)o1. The Morgan fingerprint density at radius 3 is 2.78 bits per heavy atom. The molecule has 0 amide bonds. The van der Waals surface area contributed by atoms with Gasteiger partial charge in [-0.15, -0.1) is 5.10 Å². The molecule has 1 rings (SSSR count). The third-order valence-corrected chi connectivity index (χ3v) is 1.03. The molecular weight excluding hydrogens is 140 g/mol. The Kier molecular flexibility index (Phi) is 1.61. The normalized spacial score (nSPS) is 13.6. The van der Waals surface area contributed by atoms with Gasteiger partial charge in [0.25, 0.3) is 0 Å². The van der Waals surface area contributed by atoms with Crippen LogP contribution in [0.3, 0.4) is 0 Å². The fourth-order valence-electron chi connectivity index (χ4n) is 0.420. The molecule has 0 aliphatic rings. The van der Waals surface area contributed by atoms with Crippen molar-refractivity contribution < 1.29 is 4.42 Å². The van der Waals surface area contributed by atoms with E-state index in [4.69, 9.17) is 0 Å². The van der Waals surface area contributed by atoms with Crippen LogP contribution in [0.15, 0.2) is 9.21 Å². The third kappa shape index (κ3) is 1.35. The smallest absolute Gasteiger partial charge is 0.391 e. The number of H-pyrrole nitrogens is 1. The first-order valence-electron chi connectivity index (χ1n) is 2.43. The van der Waals surface area contributed by atoms with Gasteiger partial charge in [-0.1, -0.05) is 0 Å². The largest absolute Gasteiger partial charge is 0.434 e. The Morgan fingerprint density at radius 1 is 1.89 bits per heavy atom. The molecule has 0 bridgehead atoms. The molecule has 1 unspecified atom stereocenters. The average molecular weight is 146 g/mol. The molecule has 0 aliphatic heterocycles. The van der Waals surface area contributed by atoms with Crippen molar-refractivity contribution in [2.24, 2.45) is 0 Å². The first-order chi connectivity index (χ1) is 4.20. The molecule has 0 aromatic carbocycles. The van der Waals surface area contributed by atoms with Gasteiger partial charge in [0, 0.05) is 0 Å². The number of rotatable bonds is 1. The lowest BCUT2D eigenvalue weighted by atomic mass is 10.5. The number of aromatic nitrogens is 2. The fourth-order valence-corrected chi connectivity index (χ4v) is 0.530. The van der Waals surface area contributed by atoms with Crippen LogP contribution in [0.2, 0.25) is 0 Å². The van der Waals surface area contributed by atoms with E-state index in [-0.39, 0.29) is 5.25 Å². The summed E-state index contributed by atoms with van der Waals surface area (Å²) in [5.74, 6) is -0.214. The molecule has 1 aromatic rings. The molecule has 5 heteroatoms. The van der Waals surface area contributed by atoms with Crippen LogP contribution in [-0.2, 0) is 0 Å². The van der Waals surface area contributed by atoms with Gasteiger partial charge in [0.2, 0.25) is 5.89 Å². The third-order valence-electron chi connectivity index (χ3n) is 0.812.